The van der Waals surface area contributed by atoms with E-state index in [4.69, 9.17) is 14.2 Å². The lowest BCUT2D eigenvalue weighted by Crippen LogP contribution is -2.30. The first-order chi connectivity index (χ1) is 37.0. The largest absolute Gasteiger partial charge is 0.462 e. The summed E-state index contributed by atoms with van der Waals surface area (Å²) in [4.78, 5) is 38.1. The van der Waals surface area contributed by atoms with Gasteiger partial charge in [-0.3, -0.25) is 14.4 Å². The molecule has 0 heterocycles. The van der Waals surface area contributed by atoms with Gasteiger partial charge in [0.25, 0.3) is 0 Å². The van der Waals surface area contributed by atoms with E-state index in [2.05, 4.69) is 106 Å². The second-order valence-electron chi connectivity index (χ2n) is 21.3. The molecule has 0 aliphatic heterocycles. The van der Waals surface area contributed by atoms with Gasteiger partial charge >= 0.3 is 17.9 Å². The second-order valence-corrected chi connectivity index (χ2v) is 21.3. The van der Waals surface area contributed by atoms with Gasteiger partial charge in [0.15, 0.2) is 6.10 Å². The lowest BCUT2D eigenvalue weighted by atomic mass is 10.0. The average Bonchev–Trinajstić information content (AvgIpc) is 3.41. The topological polar surface area (TPSA) is 78.9 Å². The van der Waals surface area contributed by atoms with Crippen LogP contribution in [0.5, 0.6) is 0 Å². The van der Waals surface area contributed by atoms with Gasteiger partial charge in [0.1, 0.15) is 13.2 Å². The minimum atomic E-state index is -0.770. The Morgan fingerprint density at radius 3 is 0.813 bits per heavy atom. The first kappa shape index (κ1) is 71.6. The minimum absolute atomic E-state index is 0.0703. The van der Waals surface area contributed by atoms with Gasteiger partial charge in [-0.15, -0.1) is 0 Å². The molecule has 0 rings (SSSR count). The Bertz CT molecular complexity index is 1430. The number of hydrogen-bond donors (Lipinski definition) is 0. The van der Waals surface area contributed by atoms with Crippen molar-refractivity contribution in [1.29, 1.82) is 0 Å². The van der Waals surface area contributed by atoms with Gasteiger partial charge in [-0.25, -0.2) is 0 Å². The SMILES string of the molecule is CC/C=C\C/C=C\C/C=C\C/C=C\C/C=C\C/C=C\C/C=C\CCCCCCCCCCCCCCCC(=O)OCC(COC(=O)CCCCCCCCCCCC)OC(=O)CCCCCCCCCCCCCC. The van der Waals surface area contributed by atoms with E-state index in [9.17, 15) is 14.4 Å². The molecule has 0 amide bonds. The molecule has 0 radical (unpaired) electrons. The predicted octanol–water partition coefficient (Wildman–Crippen LogP) is 21.9. The number of unbranched alkanes of at least 4 members (excludes halogenated alkanes) is 33. The fraction of sp³-hybridized carbons (Fsp3) is 0.754. The summed E-state index contributed by atoms with van der Waals surface area (Å²) < 4.78 is 16.9. The van der Waals surface area contributed by atoms with E-state index >= 15 is 0 Å². The minimum Gasteiger partial charge on any atom is -0.462 e. The van der Waals surface area contributed by atoms with Gasteiger partial charge < -0.3 is 14.2 Å². The van der Waals surface area contributed by atoms with Crippen LogP contribution in [-0.2, 0) is 28.6 Å². The smallest absolute Gasteiger partial charge is 0.306 e. The van der Waals surface area contributed by atoms with E-state index in [1.54, 1.807) is 0 Å². The highest BCUT2D eigenvalue weighted by atomic mass is 16.6. The van der Waals surface area contributed by atoms with Crippen LogP contribution in [0.2, 0.25) is 0 Å². The lowest BCUT2D eigenvalue weighted by molar-refractivity contribution is -0.167. The Kier molecular flexibility index (Phi) is 60.3. The molecule has 0 N–H and O–H groups in total. The summed E-state index contributed by atoms with van der Waals surface area (Å²) in [6, 6.07) is 0. The molecule has 0 aromatic rings. The van der Waals surface area contributed by atoms with Crippen molar-refractivity contribution >= 4 is 17.9 Å². The highest BCUT2D eigenvalue weighted by Gasteiger charge is 2.19. The van der Waals surface area contributed by atoms with E-state index < -0.39 is 6.10 Å². The zero-order chi connectivity index (χ0) is 54.3. The van der Waals surface area contributed by atoms with Crippen LogP contribution < -0.4 is 0 Å². The van der Waals surface area contributed by atoms with Gasteiger partial charge in [0.2, 0.25) is 0 Å². The van der Waals surface area contributed by atoms with Crippen molar-refractivity contribution in [2.75, 3.05) is 13.2 Å². The molecule has 1 unspecified atom stereocenters. The number of esters is 3. The summed E-state index contributed by atoms with van der Waals surface area (Å²) in [7, 11) is 0. The van der Waals surface area contributed by atoms with E-state index in [1.165, 1.54) is 173 Å². The van der Waals surface area contributed by atoms with Crippen molar-refractivity contribution < 1.29 is 28.6 Å². The molecule has 0 aliphatic rings. The molecule has 0 saturated heterocycles. The van der Waals surface area contributed by atoms with Crippen molar-refractivity contribution in [3.63, 3.8) is 0 Å². The number of rotatable bonds is 58. The van der Waals surface area contributed by atoms with Crippen molar-refractivity contribution in [3.8, 4) is 0 Å². The van der Waals surface area contributed by atoms with E-state index in [1.807, 2.05) is 0 Å². The molecule has 6 nitrogen and oxygen atoms in total. The lowest BCUT2D eigenvalue weighted by Gasteiger charge is -2.18. The van der Waals surface area contributed by atoms with Crippen molar-refractivity contribution in [3.05, 3.63) is 85.1 Å². The Morgan fingerprint density at radius 1 is 0.280 bits per heavy atom. The molecule has 0 fully saturated rings. The van der Waals surface area contributed by atoms with Crippen LogP contribution in [-0.4, -0.2) is 37.2 Å². The molecule has 0 saturated carbocycles. The molecule has 0 bridgehead atoms. The predicted molar refractivity (Wildman–Crippen MR) is 325 cm³/mol. The maximum absolute atomic E-state index is 12.8. The van der Waals surface area contributed by atoms with Crippen LogP contribution in [0.25, 0.3) is 0 Å². The highest BCUT2D eigenvalue weighted by Crippen LogP contribution is 2.17. The van der Waals surface area contributed by atoms with Gasteiger partial charge in [-0.2, -0.15) is 0 Å². The van der Waals surface area contributed by atoms with Gasteiger partial charge in [-0.05, 0) is 77.0 Å². The summed E-state index contributed by atoms with van der Waals surface area (Å²) >= 11 is 0. The summed E-state index contributed by atoms with van der Waals surface area (Å²) in [6.07, 6.45) is 83.2. The monoisotopic (exact) mass is 1040 g/mol. The number of carbonyl (C=O) groups excluding carboxylic acids is 3. The van der Waals surface area contributed by atoms with Crippen molar-refractivity contribution in [2.45, 2.75) is 322 Å². The molecule has 75 heavy (non-hydrogen) atoms. The molecular formula is C69H120O6. The maximum atomic E-state index is 12.8. The average molecular weight is 1050 g/mol. The standard InChI is InChI=1S/C69H120O6/c1-4-7-10-13-16-19-22-24-25-26-27-28-29-30-31-32-33-34-35-36-37-38-39-40-41-42-43-44-45-46-48-50-53-56-59-62-68(71)74-65-66(64-73-67(70)61-58-55-52-49-21-18-15-12-9-6-3)75-69(72)63-60-57-54-51-47-23-20-17-14-11-8-5-2/h7,10,16,19,24-25,27-28,30-31,33-34,36-37,66H,4-6,8-9,11-15,17-18,20-23,26,29,32,35,38-65H2,1-3H3/b10-7-,19-16-,25-24-,28-27-,31-30-,34-33-,37-36-. The number of carbonyl (C=O) groups is 3. The summed E-state index contributed by atoms with van der Waals surface area (Å²) in [5, 5.41) is 0. The molecular weight excluding hydrogens is 925 g/mol. The zero-order valence-electron chi connectivity index (χ0n) is 49.6. The zero-order valence-corrected chi connectivity index (χ0v) is 49.6. The van der Waals surface area contributed by atoms with Crippen molar-refractivity contribution in [2.24, 2.45) is 0 Å². The molecule has 6 heteroatoms. The van der Waals surface area contributed by atoms with Gasteiger partial charge in [-0.1, -0.05) is 305 Å². The second kappa shape index (κ2) is 63.1. The van der Waals surface area contributed by atoms with Crippen LogP contribution in [0.4, 0.5) is 0 Å². The van der Waals surface area contributed by atoms with Crippen LogP contribution in [0.3, 0.4) is 0 Å². The number of hydrogen-bond acceptors (Lipinski definition) is 6. The Labute approximate surface area is 465 Å². The Morgan fingerprint density at radius 2 is 0.520 bits per heavy atom. The van der Waals surface area contributed by atoms with Crippen LogP contribution >= 0.6 is 0 Å². The first-order valence-corrected chi connectivity index (χ1v) is 32.1. The third-order valence-corrected chi connectivity index (χ3v) is 13.9. The summed E-state index contributed by atoms with van der Waals surface area (Å²) in [5.74, 6) is -0.860. The van der Waals surface area contributed by atoms with E-state index in [0.717, 1.165) is 103 Å². The van der Waals surface area contributed by atoms with Crippen LogP contribution in [0, 0.1) is 0 Å². The third-order valence-electron chi connectivity index (χ3n) is 13.9. The normalized spacial score (nSPS) is 12.6. The van der Waals surface area contributed by atoms with Gasteiger partial charge in [0, 0.05) is 19.3 Å². The van der Waals surface area contributed by atoms with Crippen LogP contribution in [0.15, 0.2) is 85.1 Å². The Balaban J connectivity index is 4.06. The molecule has 0 spiro atoms. The van der Waals surface area contributed by atoms with E-state index in [0.29, 0.717) is 19.3 Å². The van der Waals surface area contributed by atoms with E-state index in [-0.39, 0.29) is 31.1 Å². The van der Waals surface area contributed by atoms with Crippen molar-refractivity contribution in [1.82, 2.24) is 0 Å². The quantitative estimate of drug-likeness (QED) is 0.0261. The molecule has 1 atom stereocenters. The molecule has 432 valence electrons. The highest BCUT2D eigenvalue weighted by molar-refractivity contribution is 5.71. The maximum Gasteiger partial charge on any atom is 0.306 e. The summed E-state index contributed by atoms with van der Waals surface area (Å²) in [5.41, 5.74) is 0. The molecule has 0 aromatic heterocycles. The number of allylic oxidation sites excluding steroid dienone is 14. The summed E-state index contributed by atoms with van der Waals surface area (Å²) in [6.45, 7) is 6.53. The number of ether oxygens (including phenoxy) is 3. The first-order valence-electron chi connectivity index (χ1n) is 32.1. The molecule has 0 aromatic carbocycles. The fourth-order valence-corrected chi connectivity index (χ4v) is 9.13. The third kappa shape index (κ3) is 61.3. The molecule has 0 aliphatic carbocycles. The fourth-order valence-electron chi connectivity index (χ4n) is 9.13. The Hall–Kier alpha value is -3.41. The van der Waals surface area contributed by atoms with Crippen LogP contribution in [0.1, 0.15) is 316 Å². The van der Waals surface area contributed by atoms with Gasteiger partial charge in [0.05, 0.1) is 0 Å².